The number of aromatic nitrogens is 3. The molecule has 2 aromatic carbocycles. The smallest absolute Gasteiger partial charge is 0.343 e. The topological polar surface area (TPSA) is 89.4 Å². The van der Waals surface area contributed by atoms with Crippen LogP contribution in [-0.4, -0.2) is 52.9 Å². The van der Waals surface area contributed by atoms with Gasteiger partial charge in [0.25, 0.3) is 5.91 Å². The normalized spacial score (nSPS) is 14.5. The Morgan fingerprint density at radius 2 is 1.77 bits per heavy atom. The maximum Gasteiger partial charge on any atom is 0.343 e. The van der Waals surface area contributed by atoms with Gasteiger partial charge in [-0.3, -0.25) is 9.36 Å². The quantitative estimate of drug-likeness (QED) is 0.660. The van der Waals surface area contributed by atoms with Gasteiger partial charge >= 0.3 is 5.69 Å². The lowest BCUT2D eigenvalue weighted by molar-refractivity contribution is 0.0710. The number of methoxy groups -OCH3 is 2. The van der Waals surface area contributed by atoms with E-state index in [-0.39, 0.29) is 17.5 Å². The summed E-state index contributed by atoms with van der Waals surface area (Å²) in [5.41, 5.74) is 1.39. The molecular weight excluding hydrogens is 396 g/mol. The molecule has 1 N–H and O–H groups in total. The van der Waals surface area contributed by atoms with Crippen molar-refractivity contribution in [1.82, 2.24) is 19.7 Å². The molecule has 2 heterocycles. The van der Waals surface area contributed by atoms with Crippen LogP contribution in [0.1, 0.15) is 40.5 Å². The Labute approximate surface area is 180 Å². The van der Waals surface area contributed by atoms with E-state index in [2.05, 4.69) is 10.2 Å². The van der Waals surface area contributed by atoms with E-state index < -0.39 is 0 Å². The van der Waals surface area contributed by atoms with E-state index in [0.717, 1.165) is 30.0 Å². The number of hydrogen-bond acceptors (Lipinski definition) is 5. The number of piperidine rings is 1. The molecule has 0 aliphatic carbocycles. The number of amides is 1. The van der Waals surface area contributed by atoms with Crippen LogP contribution in [-0.2, 0) is 6.54 Å². The van der Waals surface area contributed by atoms with Crippen LogP contribution >= 0.6 is 0 Å². The Morgan fingerprint density at radius 3 is 2.45 bits per heavy atom. The first-order valence-corrected chi connectivity index (χ1v) is 10.3. The van der Waals surface area contributed by atoms with Crippen molar-refractivity contribution in [3.05, 3.63) is 76.0 Å². The first-order valence-electron chi connectivity index (χ1n) is 10.3. The second-order valence-corrected chi connectivity index (χ2v) is 7.62. The maximum absolute atomic E-state index is 12.9. The lowest BCUT2D eigenvalue weighted by Crippen LogP contribution is -2.38. The largest absolute Gasteiger partial charge is 0.497 e. The van der Waals surface area contributed by atoms with E-state index in [1.807, 2.05) is 41.3 Å². The first-order chi connectivity index (χ1) is 15.1. The minimum Gasteiger partial charge on any atom is -0.497 e. The molecule has 0 atom stereocenters. The lowest BCUT2D eigenvalue weighted by atomic mass is 9.95. The number of H-pyrrole nitrogens is 1. The molecule has 1 saturated heterocycles. The molecular formula is C23H26N4O4. The van der Waals surface area contributed by atoms with E-state index in [9.17, 15) is 9.59 Å². The summed E-state index contributed by atoms with van der Waals surface area (Å²) in [5, 5.41) is 6.89. The summed E-state index contributed by atoms with van der Waals surface area (Å²) in [7, 11) is 3.21. The number of carbonyl (C=O) groups excluding carboxylic acids is 1. The first kappa shape index (κ1) is 20.7. The fourth-order valence-electron chi connectivity index (χ4n) is 3.99. The Bertz CT molecular complexity index is 1100. The molecule has 1 fully saturated rings. The number of rotatable bonds is 6. The number of carbonyl (C=O) groups is 1. The summed E-state index contributed by atoms with van der Waals surface area (Å²) in [4.78, 5) is 27.1. The number of likely N-dealkylation sites (tertiary alicyclic amines) is 1. The van der Waals surface area contributed by atoms with Gasteiger partial charge < -0.3 is 14.4 Å². The molecule has 8 nitrogen and oxygen atoms in total. The van der Waals surface area contributed by atoms with Gasteiger partial charge in [-0.15, -0.1) is 0 Å². The highest BCUT2D eigenvalue weighted by atomic mass is 16.5. The van der Waals surface area contributed by atoms with Crippen LogP contribution in [0.4, 0.5) is 0 Å². The zero-order valence-corrected chi connectivity index (χ0v) is 17.7. The minimum absolute atomic E-state index is 0.00463. The van der Waals surface area contributed by atoms with Crippen molar-refractivity contribution in [2.24, 2.45) is 0 Å². The Morgan fingerprint density at radius 1 is 1.06 bits per heavy atom. The van der Waals surface area contributed by atoms with Gasteiger partial charge in [-0.2, -0.15) is 5.10 Å². The van der Waals surface area contributed by atoms with Crippen molar-refractivity contribution in [3.8, 4) is 11.5 Å². The van der Waals surface area contributed by atoms with Crippen molar-refractivity contribution < 1.29 is 14.3 Å². The average Bonchev–Trinajstić information content (AvgIpc) is 3.19. The Balaban J connectivity index is 1.44. The van der Waals surface area contributed by atoms with E-state index in [4.69, 9.17) is 9.47 Å². The molecule has 0 bridgehead atoms. The van der Waals surface area contributed by atoms with Crippen molar-refractivity contribution in [2.45, 2.75) is 25.3 Å². The minimum atomic E-state index is -0.222. The van der Waals surface area contributed by atoms with Crippen molar-refractivity contribution in [1.29, 1.82) is 0 Å². The molecule has 0 radical (unpaired) electrons. The van der Waals surface area contributed by atoms with Gasteiger partial charge in [0, 0.05) is 24.6 Å². The Hall–Kier alpha value is -3.55. The molecule has 8 heteroatoms. The van der Waals surface area contributed by atoms with Crippen LogP contribution in [0.3, 0.4) is 0 Å². The van der Waals surface area contributed by atoms with Crippen LogP contribution in [0.2, 0.25) is 0 Å². The van der Waals surface area contributed by atoms with Crippen molar-refractivity contribution in [3.63, 3.8) is 0 Å². The molecule has 1 aliphatic rings. The van der Waals surface area contributed by atoms with Crippen LogP contribution < -0.4 is 15.2 Å². The van der Waals surface area contributed by atoms with Crippen LogP contribution in [0.5, 0.6) is 11.5 Å². The monoisotopic (exact) mass is 422 g/mol. The van der Waals surface area contributed by atoms with E-state index in [1.54, 1.807) is 30.9 Å². The molecule has 162 valence electrons. The number of aromatic amines is 1. The van der Waals surface area contributed by atoms with E-state index >= 15 is 0 Å². The summed E-state index contributed by atoms with van der Waals surface area (Å²) in [6.07, 6.45) is 1.51. The van der Waals surface area contributed by atoms with Gasteiger partial charge in [0.1, 0.15) is 17.3 Å². The summed E-state index contributed by atoms with van der Waals surface area (Å²) in [6, 6.07) is 14.8. The fraction of sp³-hybridized carbons (Fsp3) is 0.348. The molecule has 4 rings (SSSR count). The second kappa shape index (κ2) is 9.07. The third kappa shape index (κ3) is 4.47. The van der Waals surface area contributed by atoms with Gasteiger partial charge in [-0.05, 0) is 48.7 Å². The summed E-state index contributed by atoms with van der Waals surface area (Å²) < 4.78 is 12.1. The van der Waals surface area contributed by atoms with Gasteiger partial charge in [0.2, 0.25) is 0 Å². The molecule has 1 amide bonds. The molecule has 31 heavy (non-hydrogen) atoms. The number of hydrogen-bond donors (Lipinski definition) is 1. The molecule has 0 saturated carbocycles. The molecule has 1 aliphatic heterocycles. The van der Waals surface area contributed by atoms with Crippen molar-refractivity contribution >= 4 is 5.91 Å². The molecule has 0 spiro atoms. The van der Waals surface area contributed by atoms with E-state index in [0.29, 0.717) is 30.9 Å². The Kier molecular flexibility index (Phi) is 6.06. The van der Waals surface area contributed by atoms with Gasteiger partial charge in [0.15, 0.2) is 0 Å². The third-order valence-electron chi connectivity index (χ3n) is 5.75. The predicted molar refractivity (Wildman–Crippen MR) is 116 cm³/mol. The van der Waals surface area contributed by atoms with Crippen molar-refractivity contribution in [2.75, 3.05) is 27.3 Å². The molecule has 3 aromatic rings. The summed E-state index contributed by atoms with van der Waals surface area (Å²) in [5.74, 6) is 2.30. The van der Waals surface area contributed by atoms with Gasteiger partial charge in [-0.25, -0.2) is 9.89 Å². The SMILES string of the molecule is COc1ccc(Cn2c(C3CCN(C(=O)c4cccc(OC)c4)CC3)n[nH]c2=O)cc1. The molecule has 0 unspecified atom stereocenters. The zero-order chi connectivity index (χ0) is 21.8. The molecule has 1 aromatic heterocycles. The summed E-state index contributed by atoms with van der Waals surface area (Å²) in [6.45, 7) is 1.67. The number of nitrogens with one attached hydrogen (secondary N) is 1. The van der Waals surface area contributed by atoms with Crippen LogP contribution in [0, 0.1) is 0 Å². The van der Waals surface area contributed by atoms with Gasteiger partial charge in [0.05, 0.1) is 20.8 Å². The highest BCUT2D eigenvalue weighted by Gasteiger charge is 2.28. The summed E-state index contributed by atoms with van der Waals surface area (Å²) >= 11 is 0. The third-order valence-corrected chi connectivity index (χ3v) is 5.75. The highest BCUT2D eigenvalue weighted by molar-refractivity contribution is 5.94. The fourth-order valence-corrected chi connectivity index (χ4v) is 3.99. The van der Waals surface area contributed by atoms with E-state index in [1.165, 1.54) is 0 Å². The van der Waals surface area contributed by atoms with Crippen LogP contribution in [0.15, 0.2) is 53.3 Å². The number of nitrogens with zero attached hydrogens (tertiary/aromatic N) is 3. The zero-order valence-electron chi connectivity index (χ0n) is 17.7. The number of ether oxygens (including phenoxy) is 2. The van der Waals surface area contributed by atoms with Crippen LogP contribution in [0.25, 0.3) is 0 Å². The lowest BCUT2D eigenvalue weighted by Gasteiger charge is -2.31. The standard InChI is InChI=1S/C23H26N4O4/c1-30-19-8-6-16(7-9-19)15-27-21(24-25-23(27)29)17-10-12-26(13-11-17)22(28)18-4-3-5-20(14-18)31-2/h3-9,14,17H,10-13,15H2,1-2H3,(H,25,29). The second-order valence-electron chi connectivity index (χ2n) is 7.62. The average molecular weight is 422 g/mol. The number of benzene rings is 2. The van der Waals surface area contributed by atoms with Gasteiger partial charge in [-0.1, -0.05) is 18.2 Å². The highest BCUT2D eigenvalue weighted by Crippen LogP contribution is 2.27. The predicted octanol–water partition coefficient (Wildman–Crippen LogP) is 2.66. The maximum atomic E-state index is 12.9.